The van der Waals surface area contributed by atoms with Gasteiger partial charge in [0, 0.05) is 26.2 Å². The lowest BCUT2D eigenvalue weighted by molar-refractivity contribution is -0.156. The molecule has 1 saturated heterocycles. The summed E-state index contributed by atoms with van der Waals surface area (Å²) in [6.07, 6.45) is 2.49. The predicted molar refractivity (Wildman–Crippen MR) is 95.4 cm³/mol. The third-order valence-corrected chi connectivity index (χ3v) is 4.38. The second-order valence-electron chi connectivity index (χ2n) is 6.52. The SMILES string of the molecule is C=C(C)CN(CC)C(=O)COC(=O)C1CCN(C(=O)c2ccco2)CC1. The first kappa shape index (κ1) is 19.8. The van der Waals surface area contributed by atoms with Crippen molar-refractivity contribution >= 4 is 17.8 Å². The van der Waals surface area contributed by atoms with Crippen LogP contribution in [0.15, 0.2) is 35.0 Å². The lowest BCUT2D eigenvalue weighted by atomic mass is 9.97. The summed E-state index contributed by atoms with van der Waals surface area (Å²) in [7, 11) is 0. The summed E-state index contributed by atoms with van der Waals surface area (Å²) in [5.41, 5.74) is 0.875. The zero-order valence-corrected chi connectivity index (χ0v) is 15.4. The molecule has 0 N–H and O–H groups in total. The van der Waals surface area contributed by atoms with Gasteiger partial charge in [0.05, 0.1) is 12.2 Å². The number of piperidine rings is 1. The third-order valence-electron chi connectivity index (χ3n) is 4.38. The molecule has 0 radical (unpaired) electrons. The molecule has 1 fully saturated rings. The highest BCUT2D eigenvalue weighted by Crippen LogP contribution is 2.20. The summed E-state index contributed by atoms with van der Waals surface area (Å²) in [4.78, 5) is 39.8. The van der Waals surface area contributed by atoms with E-state index in [1.807, 2.05) is 13.8 Å². The van der Waals surface area contributed by atoms with Gasteiger partial charge in [-0.05, 0) is 38.8 Å². The van der Waals surface area contributed by atoms with Crippen LogP contribution in [0.5, 0.6) is 0 Å². The number of amides is 2. The van der Waals surface area contributed by atoms with E-state index in [0.29, 0.717) is 44.8 Å². The van der Waals surface area contributed by atoms with Gasteiger partial charge >= 0.3 is 5.97 Å². The van der Waals surface area contributed by atoms with Crippen molar-refractivity contribution in [2.24, 2.45) is 5.92 Å². The van der Waals surface area contributed by atoms with Crippen molar-refractivity contribution in [1.29, 1.82) is 0 Å². The number of likely N-dealkylation sites (tertiary alicyclic amines) is 1. The van der Waals surface area contributed by atoms with Crippen molar-refractivity contribution in [2.75, 3.05) is 32.8 Å². The molecule has 1 aliphatic heterocycles. The number of carbonyl (C=O) groups is 3. The molecule has 26 heavy (non-hydrogen) atoms. The van der Waals surface area contributed by atoms with E-state index in [1.54, 1.807) is 21.9 Å². The Labute approximate surface area is 153 Å². The maximum atomic E-state index is 12.2. The number of furan rings is 1. The molecule has 0 spiro atoms. The quantitative estimate of drug-likeness (QED) is 0.548. The fourth-order valence-electron chi connectivity index (χ4n) is 2.92. The van der Waals surface area contributed by atoms with Gasteiger partial charge in [-0.2, -0.15) is 0 Å². The summed E-state index contributed by atoms with van der Waals surface area (Å²) >= 11 is 0. The molecule has 0 aromatic carbocycles. The van der Waals surface area contributed by atoms with Gasteiger partial charge in [0.2, 0.25) is 0 Å². The minimum atomic E-state index is -0.380. The molecule has 7 nitrogen and oxygen atoms in total. The van der Waals surface area contributed by atoms with Gasteiger partial charge in [0.25, 0.3) is 11.8 Å². The zero-order valence-electron chi connectivity index (χ0n) is 15.4. The van der Waals surface area contributed by atoms with Crippen LogP contribution in [0.3, 0.4) is 0 Å². The number of hydrogen-bond acceptors (Lipinski definition) is 5. The number of rotatable bonds is 7. The molecule has 2 rings (SSSR count). The Balaban J connectivity index is 1.76. The molecule has 0 aliphatic carbocycles. The number of ether oxygens (including phenoxy) is 1. The second-order valence-corrected chi connectivity index (χ2v) is 6.52. The maximum Gasteiger partial charge on any atom is 0.309 e. The Kier molecular flexibility index (Phi) is 7.00. The van der Waals surface area contributed by atoms with Crippen LogP contribution in [0.1, 0.15) is 37.2 Å². The molecule has 0 saturated carbocycles. The molecule has 1 aliphatic rings. The molecular weight excluding hydrogens is 336 g/mol. The zero-order chi connectivity index (χ0) is 19.1. The van der Waals surface area contributed by atoms with E-state index in [0.717, 1.165) is 5.57 Å². The van der Waals surface area contributed by atoms with Crippen molar-refractivity contribution in [1.82, 2.24) is 9.80 Å². The average molecular weight is 362 g/mol. The van der Waals surface area contributed by atoms with Crippen molar-refractivity contribution in [2.45, 2.75) is 26.7 Å². The number of esters is 1. The van der Waals surface area contributed by atoms with Crippen LogP contribution in [-0.4, -0.2) is 60.4 Å². The van der Waals surface area contributed by atoms with Crippen molar-refractivity contribution in [3.05, 3.63) is 36.3 Å². The molecule has 2 heterocycles. The number of carbonyl (C=O) groups excluding carboxylic acids is 3. The van der Waals surface area contributed by atoms with E-state index >= 15 is 0 Å². The minimum absolute atomic E-state index is 0.171. The Morgan fingerprint density at radius 1 is 1.35 bits per heavy atom. The number of hydrogen-bond donors (Lipinski definition) is 0. The van der Waals surface area contributed by atoms with Crippen molar-refractivity contribution in [3.63, 3.8) is 0 Å². The number of likely N-dealkylation sites (N-methyl/N-ethyl adjacent to an activating group) is 1. The van der Waals surface area contributed by atoms with E-state index in [-0.39, 0.29) is 30.3 Å². The van der Waals surface area contributed by atoms with Crippen LogP contribution in [0.4, 0.5) is 0 Å². The third kappa shape index (κ3) is 5.21. The number of nitrogens with zero attached hydrogens (tertiary/aromatic N) is 2. The summed E-state index contributed by atoms with van der Waals surface area (Å²) in [5.74, 6) is -0.770. The Bertz CT molecular complexity index is 645. The topological polar surface area (TPSA) is 80.1 Å². The molecule has 1 aromatic rings. The molecule has 0 bridgehead atoms. The first-order valence-corrected chi connectivity index (χ1v) is 8.84. The predicted octanol–water partition coefficient (Wildman–Crippen LogP) is 2.10. The van der Waals surface area contributed by atoms with E-state index in [9.17, 15) is 14.4 Å². The first-order valence-electron chi connectivity index (χ1n) is 8.84. The van der Waals surface area contributed by atoms with Crippen LogP contribution in [0.2, 0.25) is 0 Å². The molecule has 7 heteroatoms. The standard InChI is InChI=1S/C19H26N2O5/c1-4-20(12-14(2)3)17(22)13-26-19(24)15-7-9-21(10-8-15)18(23)16-6-5-11-25-16/h5-6,11,15H,2,4,7-10,12-13H2,1,3H3. The Morgan fingerprint density at radius 2 is 2.04 bits per heavy atom. The fourth-order valence-corrected chi connectivity index (χ4v) is 2.92. The molecule has 142 valence electrons. The van der Waals surface area contributed by atoms with Gasteiger partial charge in [-0.15, -0.1) is 0 Å². The van der Waals surface area contributed by atoms with Crippen LogP contribution < -0.4 is 0 Å². The summed E-state index contributed by atoms with van der Waals surface area (Å²) in [6, 6.07) is 3.29. The van der Waals surface area contributed by atoms with Crippen LogP contribution in [0, 0.1) is 5.92 Å². The average Bonchev–Trinajstić information content (AvgIpc) is 3.18. The van der Waals surface area contributed by atoms with Crippen LogP contribution in [0.25, 0.3) is 0 Å². The van der Waals surface area contributed by atoms with E-state index in [4.69, 9.17) is 9.15 Å². The van der Waals surface area contributed by atoms with Crippen molar-refractivity contribution < 1.29 is 23.5 Å². The Morgan fingerprint density at radius 3 is 2.58 bits per heavy atom. The summed E-state index contributed by atoms with van der Waals surface area (Å²) in [5, 5.41) is 0. The van der Waals surface area contributed by atoms with Crippen LogP contribution in [-0.2, 0) is 14.3 Å². The van der Waals surface area contributed by atoms with Crippen LogP contribution >= 0.6 is 0 Å². The van der Waals surface area contributed by atoms with Gasteiger partial charge in [-0.3, -0.25) is 14.4 Å². The highest BCUT2D eigenvalue weighted by molar-refractivity contribution is 5.91. The van der Waals surface area contributed by atoms with Crippen molar-refractivity contribution in [3.8, 4) is 0 Å². The van der Waals surface area contributed by atoms with Gasteiger partial charge in [-0.1, -0.05) is 12.2 Å². The highest BCUT2D eigenvalue weighted by Gasteiger charge is 2.30. The smallest absolute Gasteiger partial charge is 0.309 e. The normalized spacial score (nSPS) is 14.8. The molecular formula is C19H26N2O5. The second kappa shape index (κ2) is 9.22. The summed E-state index contributed by atoms with van der Waals surface area (Å²) in [6.45, 7) is 9.17. The lowest BCUT2D eigenvalue weighted by Crippen LogP contribution is -2.41. The van der Waals surface area contributed by atoms with E-state index in [1.165, 1.54) is 6.26 Å². The monoisotopic (exact) mass is 362 g/mol. The molecule has 0 atom stereocenters. The highest BCUT2D eigenvalue weighted by atomic mass is 16.5. The van der Waals surface area contributed by atoms with Gasteiger partial charge in [0.15, 0.2) is 12.4 Å². The molecule has 2 amide bonds. The lowest BCUT2D eigenvalue weighted by Gasteiger charge is -2.30. The van der Waals surface area contributed by atoms with Gasteiger partial charge in [0.1, 0.15) is 0 Å². The first-order chi connectivity index (χ1) is 12.4. The van der Waals surface area contributed by atoms with Gasteiger partial charge < -0.3 is 19.0 Å². The Hall–Kier alpha value is -2.57. The molecule has 1 aromatic heterocycles. The van der Waals surface area contributed by atoms with Gasteiger partial charge in [-0.25, -0.2) is 0 Å². The summed E-state index contributed by atoms with van der Waals surface area (Å²) < 4.78 is 10.3. The van der Waals surface area contributed by atoms with E-state index in [2.05, 4.69) is 6.58 Å². The largest absolute Gasteiger partial charge is 0.459 e. The minimum Gasteiger partial charge on any atom is -0.459 e. The fraction of sp³-hybridized carbons (Fsp3) is 0.526. The maximum absolute atomic E-state index is 12.2. The molecule has 0 unspecified atom stereocenters. The van der Waals surface area contributed by atoms with E-state index < -0.39 is 0 Å².